The van der Waals surface area contributed by atoms with Crippen molar-refractivity contribution < 1.29 is 5.11 Å². The van der Waals surface area contributed by atoms with Crippen LogP contribution in [0, 0.1) is 0 Å². The Kier molecular flexibility index (Phi) is 4.76. The molecule has 1 aromatic rings. The lowest BCUT2D eigenvalue weighted by Gasteiger charge is -2.21. The molecule has 0 spiro atoms. The summed E-state index contributed by atoms with van der Waals surface area (Å²) in [6.45, 7) is 4.91. The van der Waals surface area contributed by atoms with Crippen molar-refractivity contribution in [3.05, 3.63) is 11.2 Å². The zero-order chi connectivity index (χ0) is 12.1. The molecule has 0 amide bonds. The van der Waals surface area contributed by atoms with Crippen LogP contribution in [0.5, 0.6) is 0 Å². The van der Waals surface area contributed by atoms with Crippen LogP contribution in [0.15, 0.2) is 6.20 Å². The van der Waals surface area contributed by atoms with E-state index in [0.717, 1.165) is 6.54 Å². The van der Waals surface area contributed by atoms with Gasteiger partial charge in [-0.15, -0.1) is 0 Å². The summed E-state index contributed by atoms with van der Waals surface area (Å²) in [5, 5.41) is 12.8. The van der Waals surface area contributed by atoms with Crippen LogP contribution in [-0.4, -0.2) is 41.3 Å². The van der Waals surface area contributed by atoms with Crippen LogP contribution in [0.25, 0.3) is 0 Å². The van der Waals surface area contributed by atoms with Crippen molar-refractivity contribution in [2.75, 3.05) is 30.4 Å². The molecule has 5 nitrogen and oxygen atoms in total. The molecule has 0 radical (unpaired) electrons. The molecule has 0 fully saturated rings. The number of aliphatic hydroxyl groups excluding tert-OH is 1. The number of aliphatic hydroxyl groups is 1. The highest BCUT2D eigenvalue weighted by Crippen LogP contribution is 2.22. The summed E-state index contributed by atoms with van der Waals surface area (Å²) in [5.41, 5.74) is 0. The Labute approximate surface area is 100 Å². The fourth-order valence-electron chi connectivity index (χ4n) is 1.35. The summed E-state index contributed by atoms with van der Waals surface area (Å²) in [7, 11) is 1.83. The molecular formula is C10H17ClN4O. The Bertz CT molecular complexity index is 346. The number of rotatable bonds is 5. The number of hydrogen-bond donors (Lipinski definition) is 2. The third-order valence-corrected chi connectivity index (χ3v) is 2.23. The van der Waals surface area contributed by atoms with Crippen LogP contribution in [0.4, 0.5) is 11.8 Å². The van der Waals surface area contributed by atoms with E-state index in [1.165, 1.54) is 0 Å². The minimum atomic E-state index is -0.432. The molecule has 0 aliphatic rings. The average Bonchev–Trinajstić information content (AvgIpc) is 2.20. The molecule has 16 heavy (non-hydrogen) atoms. The monoisotopic (exact) mass is 244 g/mol. The molecule has 1 atom stereocenters. The molecule has 0 aromatic carbocycles. The van der Waals surface area contributed by atoms with Crippen molar-refractivity contribution in [1.82, 2.24) is 9.97 Å². The third kappa shape index (κ3) is 3.50. The lowest BCUT2D eigenvalue weighted by atomic mass is 10.3. The molecule has 2 N–H and O–H groups in total. The third-order valence-electron chi connectivity index (χ3n) is 1.96. The second kappa shape index (κ2) is 5.86. The van der Waals surface area contributed by atoms with E-state index < -0.39 is 6.10 Å². The van der Waals surface area contributed by atoms with Gasteiger partial charge in [0.25, 0.3) is 0 Å². The van der Waals surface area contributed by atoms with E-state index in [2.05, 4.69) is 15.3 Å². The summed E-state index contributed by atoms with van der Waals surface area (Å²) < 4.78 is 0. The second-order valence-electron chi connectivity index (χ2n) is 3.63. The molecule has 1 rings (SSSR count). The molecule has 0 saturated carbocycles. The van der Waals surface area contributed by atoms with Gasteiger partial charge in [-0.1, -0.05) is 11.6 Å². The van der Waals surface area contributed by atoms with Gasteiger partial charge in [-0.2, -0.15) is 4.98 Å². The highest BCUT2D eigenvalue weighted by molar-refractivity contribution is 6.32. The van der Waals surface area contributed by atoms with Gasteiger partial charge in [0.15, 0.2) is 5.82 Å². The van der Waals surface area contributed by atoms with E-state index in [-0.39, 0.29) is 0 Å². The van der Waals surface area contributed by atoms with Crippen molar-refractivity contribution in [3.8, 4) is 0 Å². The van der Waals surface area contributed by atoms with Gasteiger partial charge >= 0.3 is 0 Å². The van der Waals surface area contributed by atoms with E-state index in [1.54, 1.807) is 18.0 Å². The van der Waals surface area contributed by atoms with Gasteiger partial charge in [-0.05, 0) is 13.8 Å². The largest absolute Gasteiger partial charge is 0.392 e. The van der Waals surface area contributed by atoms with Gasteiger partial charge in [0, 0.05) is 20.1 Å². The molecule has 0 saturated heterocycles. The topological polar surface area (TPSA) is 61.3 Å². The predicted octanol–water partition coefficient (Wildman–Crippen LogP) is 1.38. The number of likely N-dealkylation sites (N-methyl/N-ethyl adjacent to an activating group) is 1. The highest BCUT2D eigenvalue weighted by Gasteiger charge is 2.11. The predicted molar refractivity (Wildman–Crippen MR) is 66.2 cm³/mol. The molecule has 0 bridgehead atoms. The molecule has 0 aliphatic carbocycles. The van der Waals surface area contributed by atoms with E-state index in [4.69, 9.17) is 11.6 Å². The van der Waals surface area contributed by atoms with E-state index >= 15 is 0 Å². The molecule has 1 heterocycles. The molecule has 0 aliphatic heterocycles. The Morgan fingerprint density at radius 1 is 1.62 bits per heavy atom. The standard InChI is InChI=1S/C10H17ClN4O/c1-4-12-10-13-5-8(11)9(14-10)15(3)6-7(2)16/h5,7,16H,4,6H2,1-3H3,(H,12,13,14). The van der Waals surface area contributed by atoms with E-state index in [9.17, 15) is 5.11 Å². The number of hydrogen-bond acceptors (Lipinski definition) is 5. The van der Waals surface area contributed by atoms with Crippen molar-refractivity contribution in [2.45, 2.75) is 20.0 Å². The highest BCUT2D eigenvalue weighted by atomic mass is 35.5. The fourth-order valence-corrected chi connectivity index (χ4v) is 1.59. The van der Waals surface area contributed by atoms with Gasteiger partial charge in [0.05, 0.1) is 12.3 Å². The van der Waals surface area contributed by atoms with Gasteiger partial charge < -0.3 is 15.3 Å². The number of nitrogens with one attached hydrogen (secondary N) is 1. The number of nitrogens with zero attached hydrogens (tertiary/aromatic N) is 3. The van der Waals surface area contributed by atoms with Crippen LogP contribution < -0.4 is 10.2 Å². The zero-order valence-electron chi connectivity index (χ0n) is 9.74. The lowest BCUT2D eigenvalue weighted by molar-refractivity contribution is 0.201. The number of anilines is 2. The van der Waals surface area contributed by atoms with E-state index in [1.807, 2.05) is 14.0 Å². The quantitative estimate of drug-likeness (QED) is 0.820. The van der Waals surface area contributed by atoms with Crippen molar-refractivity contribution in [2.24, 2.45) is 0 Å². The minimum Gasteiger partial charge on any atom is -0.392 e. The van der Waals surface area contributed by atoms with Gasteiger partial charge in [-0.25, -0.2) is 4.98 Å². The number of halogens is 1. The molecule has 6 heteroatoms. The van der Waals surface area contributed by atoms with Crippen LogP contribution in [0.2, 0.25) is 5.02 Å². The normalized spacial score (nSPS) is 12.3. The minimum absolute atomic E-state index is 0.432. The van der Waals surface area contributed by atoms with Gasteiger partial charge in [0.2, 0.25) is 5.95 Å². The smallest absolute Gasteiger partial charge is 0.224 e. The SMILES string of the molecule is CCNc1ncc(Cl)c(N(C)CC(C)O)n1. The van der Waals surface area contributed by atoms with Crippen LogP contribution in [0.3, 0.4) is 0 Å². The average molecular weight is 245 g/mol. The maximum absolute atomic E-state index is 9.30. The summed E-state index contributed by atoms with van der Waals surface area (Å²) in [5.74, 6) is 1.16. The zero-order valence-corrected chi connectivity index (χ0v) is 10.5. The maximum Gasteiger partial charge on any atom is 0.224 e. The Morgan fingerprint density at radius 2 is 2.31 bits per heavy atom. The summed E-state index contributed by atoms with van der Waals surface area (Å²) in [6.07, 6.45) is 1.12. The first-order valence-corrected chi connectivity index (χ1v) is 5.58. The summed E-state index contributed by atoms with van der Waals surface area (Å²) >= 11 is 6.00. The maximum atomic E-state index is 9.30. The molecule has 1 unspecified atom stereocenters. The van der Waals surface area contributed by atoms with Gasteiger partial charge in [-0.3, -0.25) is 0 Å². The number of aromatic nitrogens is 2. The first-order valence-electron chi connectivity index (χ1n) is 5.20. The Morgan fingerprint density at radius 3 is 2.88 bits per heavy atom. The summed E-state index contributed by atoms with van der Waals surface area (Å²) in [6, 6.07) is 0. The Hall–Kier alpha value is -1.07. The molecular weight excluding hydrogens is 228 g/mol. The first-order chi connectivity index (χ1) is 7.54. The van der Waals surface area contributed by atoms with Crippen LogP contribution in [0.1, 0.15) is 13.8 Å². The Balaban J connectivity index is 2.88. The van der Waals surface area contributed by atoms with Crippen LogP contribution in [-0.2, 0) is 0 Å². The van der Waals surface area contributed by atoms with Crippen molar-refractivity contribution >= 4 is 23.4 Å². The van der Waals surface area contributed by atoms with Crippen molar-refractivity contribution in [3.63, 3.8) is 0 Å². The van der Waals surface area contributed by atoms with Crippen molar-refractivity contribution in [1.29, 1.82) is 0 Å². The lowest BCUT2D eigenvalue weighted by Crippen LogP contribution is -2.28. The fraction of sp³-hybridized carbons (Fsp3) is 0.600. The van der Waals surface area contributed by atoms with Gasteiger partial charge in [0.1, 0.15) is 5.02 Å². The first kappa shape index (κ1) is 13.0. The van der Waals surface area contributed by atoms with E-state index in [0.29, 0.717) is 23.3 Å². The molecule has 1 aromatic heterocycles. The summed E-state index contributed by atoms with van der Waals surface area (Å²) in [4.78, 5) is 10.1. The molecule has 90 valence electrons. The van der Waals surface area contributed by atoms with Crippen LogP contribution >= 0.6 is 11.6 Å². The second-order valence-corrected chi connectivity index (χ2v) is 4.03.